The summed E-state index contributed by atoms with van der Waals surface area (Å²) in [7, 11) is 0. The third kappa shape index (κ3) is 3.20. The summed E-state index contributed by atoms with van der Waals surface area (Å²) in [5, 5.41) is 12.0. The van der Waals surface area contributed by atoms with Crippen molar-refractivity contribution in [3.05, 3.63) is 41.2 Å². The monoisotopic (exact) mass is 404 g/mol. The van der Waals surface area contributed by atoms with Crippen molar-refractivity contribution in [2.24, 2.45) is 0 Å². The van der Waals surface area contributed by atoms with Crippen LogP contribution < -0.4 is 10.6 Å². The van der Waals surface area contributed by atoms with E-state index < -0.39 is 12.0 Å². The molecule has 1 aliphatic carbocycles. The third-order valence-corrected chi connectivity index (χ3v) is 5.80. The first kappa shape index (κ1) is 17.8. The van der Waals surface area contributed by atoms with E-state index in [4.69, 9.17) is 11.6 Å². The molecule has 3 aromatic rings. The standard InChI is InChI=1S/C19H19ClF2N6/c20-14-7-12-10-24-18(26-15(12)8-13(14)11-1-4-23-5-2-11)27-17-3-6-25-28(17)16-9-19(16,21)22/h3,6-8,10-11,16,23H,1-2,4-5,9H2,(H,24,26,27). The van der Waals surface area contributed by atoms with Crippen molar-refractivity contribution in [3.63, 3.8) is 0 Å². The highest BCUT2D eigenvalue weighted by molar-refractivity contribution is 6.32. The van der Waals surface area contributed by atoms with Crippen LogP contribution in [0.15, 0.2) is 30.6 Å². The molecule has 2 N–H and O–H groups in total. The van der Waals surface area contributed by atoms with Gasteiger partial charge in [0.15, 0.2) is 0 Å². The molecule has 1 aliphatic heterocycles. The predicted molar refractivity (Wildman–Crippen MR) is 104 cm³/mol. The van der Waals surface area contributed by atoms with Gasteiger partial charge in [-0.05, 0) is 49.5 Å². The van der Waals surface area contributed by atoms with Crippen LogP contribution >= 0.6 is 11.6 Å². The lowest BCUT2D eigenvalue weighted by Crippen LogP contribution is -2.26. The molecule has 0 radical (unpaired) electrons. The van der Waals surface area contributed by atoms with Crippen molar-refractivity contribution in [1.29, 1.82) is 0 Å². The van der Waals surface area contributed by atoms with Crippen molar-refractivity contribution >= 4 is 34.3 Å². The van der Waals surface area contributed by atoms with E-state index >= 15 is 0 Å². The number of hydrogen-bond acceptors (Lipinski definition) is 5. The van der Waals surface area contributed by atoms with Crippen molar-refractivity contribution in [1.82, 2.24) is 25.1 Å². The van der Waals surface area contributed by atoms with Crippen LogP contribution in [0.5, 0.6) is 0 Å². The molecule has 1 aromatic carbocycles. The molecule has 6 nitrogen and oxygen atoms in total. The average molecular weight is 405 g/mol. The second-order valence-corrected chi connectivity index (χ2v) is 7.82. The van der Waals surface area contributed by atoms with E-state index in [1.165, 1.54) is 10.9 Å². The molecule has 2 fully saturated rings. The largest absolute Gasteiger partial charge is 0.317 e. The lowest BCUT2D eigenvalue weighted by Gasteiger charge is -2.24. The summed E-state index contributed by atoms with van der Waals surface area (Å²) in [6.07, 6.45) is 5.06. The molecule has 1 unspecified atom stereocenters. The van der Waals surface area contributed by atoms with Gasteiger partial charge in [-0.3, -0.25) is 0 Å². The number of rotatable bonds is 4. The first-order valence-electron chi connectivity index (χ1n) is 9.36. The van der Waals surface area contributed by atoms with Crippen LogP contribution in [0.1, 0.15) is 36.8 Å². The van der Waals surface area contributed by atoms with Crippen molar-refractivity contribution < 1.29 is 8.78 Å². The van der Waals surface area contributed by atoms with Gasteiger partial charge in [-0.1, -0.05) is 11.6 Å². The van der Waals surface area contributed by atoms with Gasteiger partial charge in [-0.2, -0.15) is 5.10 Å². The maximum atomic E-state index is 13.4. The maximum absolute atomic E-state index is 13.4. The van der Waals surface area contributed by atoms with E-state index in [9.17, 15) is 8.78 Å². The Morgan fingerprint density at radius 3 is 2.79 bits per heavy atom. The van der Waals surface area contributed by atoms with Crippen molar-refractivity contribution in [2.45, 2.75) is 37.1 Å². The van der Waals surface area contributed by atoms with E-state index in [0.717, 1.165) is 47.4 Å². The van der Waals surface area contributed by atoms with Crippen LogP contribution in [0.2, 0.25) is 5.02 Å². The zero-order chi connectivity index (χ0) is 19.3. The van der Waals surface area contributed by atoms with Gasteiger partial charge in [0.05, 0.1) is 11.7 Å². The summed E-state index contributed by atoms with van der Waals surface area (Å²) in [6.45, 7) is 1.96. The summed E-state index contributed by atoms with van der Waals surface area (Å²) in [5.41, 5.74) is 1.88. The Hall–Kier alpha value is -2.32. The maximum Gasteiger partial charge on any atom is 0.272 e. The minimum atomic E-state index is -2.70. The zero-order valence-corrected chi connectivity index (χ0v) is 15.8. The Labute approximate surface area is 165 Å². The van der Waals surface area contributed by atoms with Crippen molar-refractivity contribution in [3.8, 4) is 0 Å². The van der Waals surface area contributed by atoms with Gasteiger partial charge in [0.25, 0.3) is 5.92 Å². The second kappa shape index (κ2) is 6.63. The fourth-order valence-corrected chi connectivity index (χ4v) is 4.14. The molecule has 0 bridgehead atoms. The Kier molecular flexibility index (Phi) is 4.21. The van der Waals surface area contributed by atoms with E-state index in [1.807, 2.05) is 12.1 Å². The number of benzene rings is 1. The quantitative estimate of drug-likeness (QED) is 0.679. The number of anilines is 2. The Bertz CT molecular complexity index is 1030. The molecule has 0 amide bonds. The van der Waals surface area contributed by atoms with Crippen LogP contribution in [-0.2, 0) is 0 Å². The molecular weight excluding hydrogens is 386 g/mol. The van der Waals surface area contributed by atoms with Gasteiger partial charge >= 0.3 is 0 Å². The molecule has 1 saturated carbocycles. The molecular formula is C19H19ClF2N6. The van der Waals surface area contributed by atoms with E-state index in [-0.39, 0.29) is 6.42 Å². The van der Waals surface area contributed by atoms with Gasteiger partial charge in [0.1, 0.15) is 11.9 Å². The minimum Gasteiger partial charge on any atom is -0.317 e. The molecule has 1 atom stereocenters. The highest BCUT2D eigenvalue weighted by Gasteiger charge is 2.59. The van der Waals surface area contributed by atoms with Crippen LogP contribution in [0.3, 0.4) is 0 Å². The lowest BCUT2D eigenvalue weighted by atomic mass is 9.89. The first-order chi connectivity index (χ1) is 13.5. The number of fused-ring (bicyclic) bond motifs is 1. The Morgan fingerprint density at radius 1 is 1.25 bits per heavy atom. The lowest BCUT2D eigenvalue weighted by molar-refractivity contribution is 0.0987. The summed E-state index contributed by atoms with van der Waals surface area (Å²) < 4.78 is 28.1. The number of piperidine rings is 1. The molecule has 3 heterocycles. The molecule has 2 aliphatic rings. The van der Waals surface area contributed by atoms with Crippen molar-refractivity contribution in [2.75, 3.05) is 18.4 Å². The molecule has 9 heteroatoms. The predicted octanol–water partition coefficient (Wildman–Crippen LogP) is 4.27. The Morgan fingerprint density at radius 2 is 2.04 bits per heavy atom. The summed E-state index contributed by atoms with van der Waals surface area (Å²) in [6, 6.07) is 4.65. The molecule has 1 saturated heterocycles. The van der Waals surface area contributed by atoms with Gasteiger partial charge < -0.3 is 10.6 Å². The molecule has 5 rings (SSSR count). The zero-order valence-electron chi connectivity index (χ0n) is 15.0. The van der Waals surface area contributed by atoms with Crippen LogP contribution in [0.4, 0.5) is 20.5 Å². The van der Waals surface area contributed by atoms with E-state index in [2.05, 4.69) is 25.7 Å². The van der Waals surface area contributed by atoms with Gasteiger partial charge in [0, 0.05) is 29.1 Å². The van der Waals surface area contributed by atoms with Gasteiger partial charge in [-0.15, -0.1) is 0 Å². The summed E-state index contributed by atoms with van der Waals surface area (Å²) in [5.74, 6) is -1.50. The molecule has 2 aromatic heterocycles. The average Bonchev–Trinajstić information content (AvgIpc) is 3.09. The Balaban J connectivity index is 1.45. The van der Waals surface area contributed by atoms with Gasteiger partial charge in [0.2, 0.25) is 5.95 Å². The van der Waals surface area contributed by atoms with Crippen LogP contribution in [0.25, 0.3) is 10.9 Å². The van der Waals surface area contributed by atoms with E-state index in [1.54, 1.807) is 12.3 Å². The normalized spacial score (nSPS) is 21.8. The number of alkyl halides is 2. The highest BCUT2D eigenvalue weighted by atomic mass is 35.5. The smallest absolute Gasteiger partial charge is 0.272 e. The highest BCUT2D eigenvalue weighted by Crippen LogP contribution is 2.53. The molecule has 28 heavy (non-hydrogen) atoms. The van der Waals surface area contributed by atoms with Gasteiger partial charge in [-0.25, -0.2) is 23.4 Å². The number of aromatic nitrogens is 4. The van der Waals surface area contributed by atoms with Crippen LogP contribution in [-0.4, -0.2) is 38.8 Å². The third-order valence-electron chi connectivity index (χ3n) is 5.48. The topological polar surface area (TPSA) is 67.7 Å². The summed E-state index contributed by atoms with van der Waals surface area (Å²) >= 11 is 6.51. The number of nitrogens with one attached hydrogen (secondary N) is 2. The molecule has 0 spiro atoms. The fraction of sp³-hybridized carbons (Fsp3) is 0.421. The fourth-order valence-electron chi connectivity index (χ4n) is 3.81. The number of nitrogens with zero attached hydrogens (tertiary/aromatic N) is 4. The minimum absolute atomic E-state index is 0.194. The number of hydrogen-bond donors (Lipinski definition) is 2. The summed E-state index contributed by atoms with van der Waals surface area (Å²) in [4.78, 5) is 8.88. The first-order valence-corrected chi connectivity index (χ1v) is 9.74. The van der Waals surface area contributed by atoms with Crippen LogP contribution in [0, 0.1) is 0 Å². The molecule has 146 valence electrons. The number of halogens is 3. The van der Waals surface area contributed by atoms with E-state index in [0.29, 0.717) is 17.7 Å². The second-order valence-electron chi connectivity index (χ2n) is 7.42. The SMILES string of the molecule is FC1(F)CC1n1nccc1Nc1ncc2cc(Cl)c(C3CCNCC3)cc2n1.